The Kier molecular flexibility index (Phi) is 3.42. The molecule has 22 heavy (non-hydrogen) atoms. The molecule has 0 aliphatic carbocycles. The third-order valence-electron chi connectivity index (χ3n) is 3.33. The summed E-state index contributed by atoms with van der Waals surface area (Å²) >= 11 is 0. The van der Waals surface area contributed by atoms with Crippen molar-refractivity contribution in [3.05, 3.63) is 58.6 Å². The highest BCUT2D eigenvalue weighted by Crippen LogP contribution is 2.25. The second kappa shape index (κ2) is 5.40. The summed E-state index contributed by atoms with van der Waals surface area (Å²) in [6.07, 6.45) is 0. The summed E-state index contributed by atoms with van der Waals surface area (Å²) in [7, 11) is 2.82. The first-order chi connectivity index (χ1) is 10.7. The van der Waals surface area contributed by atoms with E-state index in [1.165, 1.54) is 18.8 Å². The Labute approximate surface area is 125 Å². The molecule has 3 rings (SSSR count). The fourth-order valence-electron chi connectivity index (χ4n) is 2.30. The van der Waals surface area contributed by atoms with Crippen LogP contribution >= 0.6 is 0 Å². The third-order valence-corrected chi connectivity index (χ3v) is 3.33. The number of rotatable bonds is 3. The highest BCUT2D eigenvalue weighted by Gasteiger charge is 2.16. The van der Waals surface area contributed by atoms with Crippen molar-refractivity contribution >= 4 is 17.1 Å². The van der Waals surface area contributed by atoms with E-state index in [4.69, 9.17) is 13.9 Å². The van der Waals surface area contributed by atoms with Crippen LogP contribution < -0.4 is 10.5 Å². The molecule has 0 N–H and O–H groups in total. The summed E-state index contributed by atoms with van der Waals surface area (Å²) in [5, 5.41) is 0. The maximum Gasteiger partial charge on any atom is 0.424 e. The van der Waals surface area contributed by atoms with Crippen LogP contribution in [0.5, 0.6) is 5.75 Å². The zero-order valence-corrected chi connectivity index (χ0v) is 12.0. The van der Waals surface area contributed by atoms with E-state index >= 15 is 0 Å². The quantitative estimate of drug-likeness (QED) is 0.694. The lowest BCUT2D eigenvalue weighted by atomic mass is 10.2. The number of oxazole rings is 1. The number of carbonyl (C=O) groups excluding carboxylic acids is 1. The monoisotopic (exact) mass is 299 g/mol. The molecule has 112 valence electrons. The Morgan fingerprint density at radius 2 is 1.91 bits per heavy atom. The van der Waals surface area contributed by atoms with E-state index in [0.29, 0.717) is 28.1 Å². The molecule has 0 atom stereocenters. The van der Waals surface area contributed by atoms with Crippen molar-refractivity contribution in [1.29, 1.82) is 0 Å². The molecule has 0 fully saturated rings. The van der Waals surface area contributed by atoms with Gasteiger partial charge < -0.3 is 13.9 Å². The average molecular weight is 299 g/mol. The number of benzene rings is 2. The number of fused-ring (bicyclic) bond motifs is 1. The van der Waals surface area contributed by atoms with Crippen molar-refractivity contribution in [1.82, 2.24) is 4.57 Å². The van der Waals surface area contributed by atoms with Crippen LogP contribution in [0.4, 0.5) is 0 Å². The number of carbonyl (C=O) groups is 1. The van der Waals surface area contributed by atoms with Crippen molar-refractivity contribution in [2.24, 2.45) is 0 Å². The van der Waals surface area contributed by atoms with E-state index in [1.807, 2.05) is 0 Å². The van der Waals surface area contributed by atoms with Gasteiger partial charge in [0.2, 0.25) is 0 Å². The molecular weight excluding hydrogens is 286 g/mol. The Bertz CT molecular complexity index is 906. The van der Waals surface area contributed by atoms with Crippen molar-refractivity contribution in [3.63, 3.8) is 0 Å². The standard InChI is InChI=1S/C16H13NO5/c1-20-13-6-4-3-5-11(13)17-12-9-10(15(18)21-2)7-8-14(12)22-16(17)19/h3-9H,1-2H3. The molecule has 0 unspecified atom stereocenters. The van der Waals surface area contributed by atoms with Gasteiger partial charge in [-0.1, -0.05) is 12.1 Å². The van der Waals surface area contributed by atoms with Gasteiger partial charge in [-0.05, 0) is 30.3 Å². The minimum Gasteiger partial charge on any atom is -0.495 e. The van der Waals surface area contributed by atoms with Crippen LogP contribution in [0.2, 0.25) is 0 Å². The Balaban J connectivity index is 2.31. The summed E-state index contributed by atoms with van der Waals surface area (Å²) in [4.78, 5) is 23.9. The Morgan fingerprint density at radius 1 is 1.14 bits per heavy atom. The number of hydrogen-bond donors (Lipinski definition) is 0. The molecule has 6 heteroatoms. The molecule has 6 nitrogen and oxygen atoms in total. The first-order valence-corrected chi connectivity index (χ1v) is 6.53. The van der Waals surface area contributed by atoms with E-state index in [0.717, 1.165) is 0 Å². The second-order valence-electron chi connectivity index (χ2n) is 4.55. The zero-order chi connectivity index (χ0) is 15.7. The van der Waals surface area contributed by atoms with E-state index in [2.05, 4.69) is 0 Å². The number of esters is 1. The molecule has 0 spiro atoms. The van der Waals surface area contributed by atoms with Crippen LogP contribution in [0.15, 0.2) is 51.7 Å². The number of methoxy groups -OCH3 is 2. The largest absolute Gasteiger partial charge is 0.495 e. The summed E-state index contributed by atoms with van der Waals surface area (Å²) < 4.78 is 16.6. The fourth-order valence-corrected chi connectivity index (χ4v) is 2.30. The lowest BCUT2D eigenvalue weighted by molar-refractivity contribution is 0.0601. The SMILES string of the molecule is COC(=O)c1ccc2oc(=O)n(-c3ccccc3OC)c2c1. The molecule has 0 aliphatic rings. The molecule has 1 aromatic heterocycles. The summed E-state index contributed by atoms with van der Waals surface area (Å²) in [6.45, 7) is 0. The lowest BCUT2D eigenvalue weighted by Crippen LogP contribution is -2.13. The number of para-hydroxylation sites is 2. The van der Waals surface area contributed by atoms with Gasteiger partial charge in [0.25, 0.3) is 0 Å². The first kappa shape index (κ1) is 13.9. The van der Waals surface area contributed by atoms with Crippen molar-refractivity contribution in [3.8, 4) is 11.4 Å². The molecule has 1 heterocycles. The van der Waals surface area contributed by atoms with Crippen molar-refractivity contribution in [2.45, 2.75) is 0 Å². The van der Waals surface area contributed by atoms with E-state index < -0.39 is 11.7 Å². The van der Waals surface area contributed by atoms with E-state index in [-0.39, 0.29) is 0 Å². The highest BCUT2D eigenvalue weighted by molar-refractivity contribution is 5.93. The topological polar surface area (TPSA) is 70.7 Å². The number of hydrogen-bond acceptors (Lipinski definition) is 5. The minimum absolute atomic E-state index is 0.333. The normalized spacial score (nSPS) is 10.6. The molecule has 0 bridgehead atoms. The van der Waals surface area contributed by atoms with Crippen molar-refractivity contribution in [2.75, 3.05) is 14.2 Å². The van der Waals surface area contributed by atoms with Gasteiger partial charge in [0.05, 0.1) is 31.0 Å². The Morgan fingerprint density at radius 3 is 2.64 bits per heavy atom. The molecule has 2 aromatic carbocycles. The van der Waals surface area contributed by atoms with Gasteiger partial charge in [0.1, 0.15) is 5.75 Å². The fraction of sp³-hybridized carbons (Fsp3) is 0.125. The number of ether oxygens (including phenoxy) is 2. The maximum absolute atomic E-state index is 12.2. The van der Waals surface area contributed by atoms with Crippen LogP contribution in [0.25, 0.3) is 16.8 Å². The van der Waals surface area contributed by atoms with Gasteiger partial charge >= 0.3 is 11.7 Å². The highest BCUT2D eigenvalue weighted by atomic mass is 16.5. The smallest absolute Gasteiger partial charge is 0.424 e. The zero-order valence-electron chi connectivity index (χ0n) is 12.0. The predicted octanol–water partition coefficient (Wildman–Crippen LogP) is 2.38. The number of aromatic nitrogens is 1. The van der Waals surface area contributed by atoms with Gasteiger partial charge in [0.15, 0.2) is 5.58 Å². The van der Waals surface area contributed by atoms with Crippen LogP contribution in [-0.2, 0) is 4.74 Å². The van der Waals surface area contributed by atoms with Gasteiger partial charge in [-0.3, -0.25) is 0 Å². The molecule has 0 aliphatic heterocycles. The summed E-state index contributed by atoms with van der Waals surface area (Å²) in [5.41, 5.74) is 1.72. The minimum atomic E-state index is -0.554. The summed E-state index contributed by atoms with van der Waals surface area (Å²) in [5.74, 6) is -0.514. The molecule has 0 amide bonds. The second-order valence-corrected chi connectivity index (χ2v) is 4.55. The van der Waals surface area contributed by atoms with Crippen LogP contribution in [-0.4, -0.2) is 24.8 Å². The van der Waals surface area contributed by atoms with Crippen LogP contribution in [0.1, 0.15) is 10.4 Å². The predicted molar refractivity (Wildman–Crippen MR) is 79.7 cm³/mol. The van der Waals surface area contributed by atoms with Crippen LogP contribution in [0, 0.1) is 0 Å². The average Bonchev–Trinajstić information content (AvgIpc) is 2.88. The van der Waals surface area contributed by atoms with Gasteiger partial charge in [-0.15, -0.1) is 0 Å². The third kappa shape index (κ3) is 2.14. The van der Waals surface area contributed by atoms with E-state index in [1.54, 1.807) is 42.5 Å². The summed E-state index contributed by atoms with van der Waals surface area (Å²) in [6, 6.07) is 11.7. The van der Waals surface area contributed by atoms with Gasteiger partial charge in [-0.2, -0.15) is 0 Å². The molecule has 0 radical (unpaired) electrons. The Hall–Kier alpha value is -3.02. The van der Waals surface area contributed by atoms with Crippen molar-refractivity contribution < 1.29 is 18.7 Å². The molecule has 0 saturated carbocycles. The van der Waals surface area contributed by atoms with Gasteiger partial charge in [-0.25, -0.2) is 14.2 Å². The van der Waals surface area contributed by atoms with E-state index in [9.17, 15) is 9.59 Å². The molecular formula is C16H13NO5. The molecule has 3 aromatic rings. The lowest BCUT2D eigenvalue weighted by Gasteiger charge is -2.08. The first-order valence-electron chi connectivity index (χ1n) is 6.53. The molecule has 0 saturated heterocycles. The van der Waals surface area contributed by atoms with Gasteiger partial charge in [0, 0.05) is 0 Å². The number of nitrogens with zero attached hydrogens (tertiary/aromatic N) is 1. The maximum atomic E-state index is 12.2. The van der Waals surface area contributed by atoms with Crippen LogP contribution in [0.3, 0.4) is 0 Å².